The average molecular weight is 429 g/mol. The van der Waals surface area contributed by atoms with E-state index < -0.39 is 11.2 Å². The number of anilines is 1. The van der Waals surface area contributed by atoms with Gasteiger partial charge in [-0.2, -0.15) is 4.40 Å². The van der Waals surface area contributed by atoms with E-state index in [2.05, 4.69) is 19.4 Å². The van der Waals surface area contributed by atoms with Crippen LogP contribution in [0.5, 0.6) is 5.75 Å². The van der Waals surface area contributed by atoms with Crippen LogP contribution in [0.2, 0.25) is 0 Å². The minimum absolute atomic E-state index is 0.0455. The number of carbonyl (C=O) groups is 1. The normalized spacial score (nSPS) is 20.5. The highest BCUT2D eigenvalue weighted by atomic mass is 32.2. The summed E-state index contributed by atoms with van der Waals surface area (Å²) >= 11 is -1.59. The molecule has 2 aliphatic heterocycles. The van der Waals surface area contributed by atoms with Gasteiger partial charge in [-0.3, -0.25) is 9.71 Å². The molecule has 1 aromatic carbocycles. The quantitative estimate of drug-likeness (QED) is 0.672. The van der Waals surface area contributed by atoms with Gasteiger partial charge in [0.25, 0.3) is 0 Å². The summed E-state index contributed by atoms with van der Waals surface area (Å²) in [5, 5.41) is 2.98. The van der Waals surface area contributed by atoms with Crippen molar-refractivity contribution in [1.82, 2.24) is 15.2 Å². The van der Waals surface area contributed by atoms with Crippen LogP contribution in [0.15, 0.2) is 47.1 Å². The zero-order valence-electron chi connectivity index (χ0n) is 16.4. The summed E-state index contributed by atoms with van der Waals surface area (Å²) < 4.78 is 24.4. The van der Waals surface area contributed by atoms with Crippen molar-refractivity contribution in [3.05, 3.63) is 53.9 Å². The fraction of sp³-hybridized carbons (Fsp3) is 0.350. The molecule has 10 heteroatoms. The number of hydrogen-bond donors (Lipinski definition) is 3. The fourth-order valence-electron chi connectivity index (χ4n) is 3.66. The number of amides is 2. The number of hydrogen-bond acceptors (Lipinski definition) is 5. The topological polar surface area (TPSA) is 122 Å². The van der Waals surface area contributed by atoms with Crippen LogP contribution >= 0.6 is 0 Å². The van der Waals surface area contributed by atoms with Gasteiger partial charge in [0.15, 0.2) is 0 Å². The second-order valence-corrected chi connectivity index (χ2v) is 8.06. The van der Waals surface area contributed by atoms with Crippen LogP contribution in [0.25, 0.3) is 0 Å². The zero-order chi connectivity index (χ0) is 20.9. The van der Waals surface area contributed by atoms with Gasteiger partial charge in [0.05, 0.1) is 17.3 Å². The highest BCUT2D eigenvalue weighted by molar-refractivity contribution is 7.85. The molecule has 1 saturated heterocycles. The van der Waals surface area contributed by atoms with E-state index in [4.69, 9.17) is 10.5 Å². The third-order valence-corrected chi connectivity index (χ3v) is 5.93. The lowest BCUT2D eigenvalue weighted by Gasteiger charge is -2.35. The van der Waals surface area contributed by atoms with E-state index in [1.807, 2.05) is 17.0 Å². The summed E-state index contributed by atoms with van der Waals surface area (Å²) in [7, 11) is 0. The molecular weight excluding hydrogens is 404 g/mol. The van der Waals surface area contributed by atoms with Crippen LogP contribution in [0.4, 0.5) is 10.5 Å². The van der Waals surface area contributed by atoms with E-state index >= 15 is 0 Å². The maximum Gasteiger partial charge on any atom is 0.318 e. The number of ether oxygens (including phenoxy) is 1. The van der Waals surface area contributed by atoms with E-state index in [1.165, 1.54) is 0 Å². The van der Waals surface area contributed by atoms with Crippen LogP contribution in [0.1, 0.15) is 30.4 Å². The molecule has 1 fully saturated rings. The van der Waals surface area contributed by atoms with Crippen LogP contribution in [-0.4, -0.2) is 45.2 Å². The van der Waals surface area contributed by atoms with Gasteiger partial charge in [-0.25, -0.2) is 9.00 Å². The van der Waals surface area contributed by atoms with Crippen LogP contribution in [0, 0.1) is 0 Å². The van der Waals surface area contributed by atoms with Gasteiger partial charge in [0.1, 0.15) is 18.2 Å². The number of pyridine rings is 1. The number of carbonyl (C=O) groups excluding carboxylic acids is 1. The Morgan fingerprint density at radius 2 is 2.13 bits per heavy atom. The summed E-state index contributed by atoms with van der Waals surface area (Å²) in [5.41, 5.74) is 8.19. The second-order valence-electron chi connectivity index (χ2n) is 7.17. The third kappa shape index (κ3) is 4.54. The molecule has 3 heterocycles. The lowest BCUT2D eigenvalue weighted by Crippen LogP contribution is -2.50. The number of benzene rings is 1. The zero-order valence-corrected chi connectivity index (χ0v) is 17.2. The SMILES string of the molecule is NC1=NS(=O)Nc2cccc(OCC3CCCCN3C(=O)NCc3ccncc3)c21. The largest absolute Gasteiger partial charge is 0.491 e. The first-order chi connectivity index (χ1) is 14.6. The van der Waals surface area contributed by atoms with Gasteiger partial charge in [0.2, 0.25) is 11.2 Å². The Morgan fingerprint density at radius 3 is 2.97 bits per heavy atom. The van der Waals surface area contributed by atoms with Gasteiger partial charge >= 0.3 is 6.03 Å². The van der Waals surface area contributed by atoms with E-state index in [1.54, 1.807) is 30.6 Å². The number of nitrogens with zero attached hydrogens (tertiary/aromatic N) is 3. The number of fused-ring (bicyclic) bond motifs is 1. The maximum atomic E-state index is 12.8. The molecule has 2 atom stereocenters. The summed E-state index contributed by atoms with van der Waals surface area (Å²) in [6.07, 6.45) is 6.29. The molecule has 0 spiro atoms. The van der Waals surface area contributed by atoms with Gasteiger partial charge in [-0.05, 0) is 49.1 Å². The number of nitrogens with one attached hydrogen (secondary N) is 2. The minimum atomic E-state index is -1.59. The molecule has 0 bridgehead atoms. The second kappa shape index (κ2) is 9.12. The summed E-state index contributed by atoms with van der Waals surface area (Å²) in [5.74, 6) is 0.731. The van der Waals surface area contributed by atoms with Gasteiger partial charge in [0, 0.05) is 25.5 Å². The molecule has 2 aliphatic rings. The maximum absolute atomic E-state index is 12.8. The van der Waals surface area contributed by atoms with E-state index in [9.17, 15) is 9.00 Å². The van der Waals surface area contributed by atoms with Gasteiger partial charge in [-0.1, -0.05) is 6.07 Å². The van der Waals surface area contributed by atoms with Crippen molar-refractivity contribution in [2.24, 2.45) is 10.1 Å². The average Bonchev–Trinajstić information content (AvgIpc) is 2.76. The van der Waals surface area contributed by atoms with E-state index in [-0.39, 0.29) is 17.9 Å². The Morgan fingerprint density at radius 1 is 1.30 bits per heavy atom. The highest BCUT2D eigenvalue weighted by Gasteiger charge is 2.28. The number of rotatable bonds is 5. The Balaban J connectivity index is 1.41. The number of aromatic nitrogens is 1. The Kier molecular flexibility index (Phi) is 6.12. The molecule has 1 aromatic heterocycles. The predicted molar refractivity (Wildman–Crippen MR) is 115 cm³/mol. The fourth-order valence-corrected chi connectivity index (χ4v) is 4.33. The summed E-state index contributed by atoms with van der Waals surface area (Å²) in [6.45, 7) is 1.48. The van der Waals surface area contributed by atoms with E-state index in [0.717, 1.165) is 24.8 Å². The standard InChI is InChI=1S/C20H24N6O3S/c21-19-18-16(24-30(28)25-19)5-3-6-17(18)29-13-15-4-1-2-11-26(15)20(27)23-12-14-7-9-22-10-8-14/h3,5-10,15,24H,1-2,4,11-13H2,(H2,21,25)(H,23,27). The molecular formula is C20H24N6O3S. The van der Waals surface area contributed by atoms with Crippen LogP contribution in [0.3, 0.4) is 0 Å². The lowest BCUT2D eigenvalue weighted by atomic mass is 10.0. The van der Waals surface area contributed by atoms with Crippen molar-refractivity contribution in [2.75, 3.05) is 17.9 Å². The molecule has 9 nitrogen and oxygen atoms in total. The molecule has 2 unspecified atom stereocenters. The minimum Gasteiger partial charge on any atom is -0.491 e. The van der Waals surface area contributed by atoms with Crippen molar-refractivity contribution in [2.45, 2.75) is 31.8 Å². The first-order valence-corrected chi connectivity index (χ1v) is 10.9. The molecule has 4 N–H and O–H groups in total. The smallest absolute Gasteiger partial charge is 0.318 e. The Hall–Kier alpha value is -3.14. The number of nitrogens with two attached hydrogens (primary N) is 1. The molecule has 2 amide bonds. The van der Waals surface area contributed by atoms with Crippen molar-refractivity contribution >= 4 is 28.7 Å². The summed E-state index contributed by atoms with van der Waals surface area (Å²) in [6, 6.07) is 8.99. The van der Waals surface area contributed by atoms with Gasteiger partial charge in [-0.15, -0.1) is 0 Å². The molecule has 2 aromatic rings. The number of piperidine rings is 1. The third-order valence-electron chi connectivity index (χ3n) is 5.17. The first-order valence-electron chi connectivity index (χ1n) is 9.84. The van der Waals surface area contributed by atoms with Crippen LogP contribution < -0.4 is 20.5 Å². The Bertz CT molecular complexity index is 968. The van der Waals surface area contributed by atoms with Crippen molar-refractivity contribution in [3.63, 3.8) is 0 Å². The number of amidine groups is 1. The summed E-state index contributed by atoms with van der Waals surface area (Å²) in [4.78, 5) is 18.6. The number of urea groups is 1. The molecule has 4 rings (SSSR count). The Labute approximate surface area is 177 Å². The molecule has 0 saturated carbocycles. The van der Waals surface area contributed by atoms with Crippen LogP contribution in [-0.2, 0) is 17.7 Å². The van der Waals surface area contributed by atoms with Crippen molar-refractivity contribution in [1.29, 1.82) is 0 Å². The molecule has 0 aliphatic carbocycles. The number of likely N-dealkylation sites (tertiary alicyclic amines) is 1. The predicted octanol–water partition coefficient (Wildman–Crippen LogP) is 1.93. The molecule has 30 heavy (non-hydrogen) atoms. The molecule has 0 radical (unpaired) electrons. The highest BCUT2D eigenvalue weighted by Crippen LogP contribution is 2.30. The lowest BCUT2D eigenvalue weighted by molar-refractivity contribution is 0.116. The molecule has 158 valence electrons. The first kappa shape index (κ1) is 20.1. The monoisotopic (exact) mass is 428 g/mol. The van der Waals surface area contributed by atoms with Crippen molar-refractivity contribution < 1.29 is 13.7 Å². The van der Waals surface area contributed by atoms with Crippen molar-refractivity contribution in [3.8, 4) is 5.75 Å². The van der Waals surface area contributed by atoms with Gasteiger partial charge < -0.3 is 20.7 Å². The van der Waals surface area contributed by atoms with E-state index in [0.29, 0.717) is 36.7 Å².